The van der Waals surface area contributed by atoms with Crippen molar-refractivity contribution in [2.24, 2.45) is 0 Å². The molecule has 3 rings (SSSR count). The van der Waals surface area contributed by atoms with Gasteiger partial charge in [-0.15, -0.1) is 11.3 Å². The quantitative estimate of drug-likeness (QED) is 0.714. The maximum atomic E-state index is 5.85. The van der Waals surface area contributed by atoms with E-state index in [-0.39, 0.29) is 5.28 Å². The minimum Gasteiger partial charge on any atom is -0.364 e. The van der Waals surface area contributed by atoms with E-state index >= 15 is 0 Å². The Morgan fingerprint density at radius 1 is 1.39 bits per heavy atom. The lowest BCUT2D eigenvalue weighted by Crippen LogP contribution is -2.01. The molecule has 18 heavy (non-hydrogen) atoms. The molecular weight excluding hydrogens is 338 g/mol. The zero-order valence-electron chi connectivity index (χ0n) is 8.94. The minimum absolute atomic E-state index is 0.196. The third kappa shape index (κ3) is 2.33. The van der Waals surface area contributed by atoms with Crippen molar-refractivity contribution in [2.75, 3.05) is 5.32 Å². The third-order valence-corrected chi connectivity index (χ3v) is 4.13. The van der Waals surface area contributed by atoms with Crippen molar-refractivity contribution in [3.8, 4) is 0 Å². The summed E-state index contributed by atoms with van der Waals surface area (Å²) < 4.78 is 1.11. The van der Waals surface area contributed by atoms with Crippen LogP contribution in [-0.2, 0) is 6.54 Å². The van der Waals surface area contributed by atoms with Gasteiger partial charge in [-0.3, -0.25) is 5.10 Å². The van der Waals surface area contributed by atoms with Crippen LogP contribution >= 0.6 is 38.9 Å². The summed E-state index contributed by atoms with van der Waals surface area (Å²) in [5.74, 6) is 0.684. The molecule has 0 radical (unpaired) electrons. The van der Waals surface area contributed by atoms with Gasteiger partial charge in [-0.25, -0.2) is 0 Å². The van der Waals surface area contributed by atoms with Crippen LogP contribution in [-0.4, -0.2) is 20.2 Å². The highest BCUT2D eigenvalue weighted by Gasteiger charge is 2.08. The van der Waals surface area contributed by atoms with Gasteiger partial charge < -0.3 is 5.32 Å². The largest absolute Gasteiger partial charge is 0.364 e. The monoisotopic (exact) mass is 343 g/mol. The van der Waals surface area contributed by atoms with Crippen LogP contribution in [0.1, 0.15) is 4.88 Å². The summed E-state index contributed by atoms with van der Waals surface area (Å²) in [5, 5.41) is 11.0. The number of thiophene rings is 1. The number of fused-ring (bicyclic) bond motifs is 1. The van der Waals surface area contributed by atoms with Gasteiger partial charge in [0.05, 0.1) is 21.9 Å². The molecule has 3 aromatic rings. The van der Waals surface area contributed by atoms with Crippen LogP contribution in [0.3, 0.4) is 0 Å². The Kier molecular flexibility index (Phi) is 3.19. The first-order valence-corrected chi connectivity index (χ1v) is 7.06. The van der Waals surface area contributed by atoms with Gasteiger partial charge in [-0.2, -0.15) is 15.1 Å². The van der Waals surface area contributed by atoms with Gasteiger partial charge in [0.1, 0.15) is 5.82 Å². The number of rotatable bonds is 3. The highest BCUT2D eigenvalue weighted by molar-refractivity contribution is 9.11. The van der Waals surface area contributed by atoms with Crippen LogP contribution in [0.4, 0.5) is 5.82 Å². The van der Waals surface area contributed by atoms with E-state index in [0.29, 0.717) is 18.0 Å². The van der Waals surface area contributed by atoms with Crippen LogP contribution in [0.15, 0.2) is 22.1 Å². The van der Waals surface area contributed by atoms with Gasteiger partial charge in [0.25, 0.3) is 0 Å². The molecular formula is C10H7BrClN5S. The van der Waals surface area contributed by atoms with Crippen molar-refractivity contribution < 1.29 is 0 Å². The summed E-state index contributed by atoms with van der Waals surface area (Å²) >= 11 is 11.0. The molecule has 0 aliphatic carbocycles. The molecule has 0 unspecified atom stereocenters. The van der Waals surface area contributed by atoms with E-state index in [1.54, 1.807) is 17.5 Å². The van der Waals surface area contributed by atoms with Gasteiger partial charge in [0.15, 0.2) is 5.65 Å². The lowest BCUT2D eigenvalue weighted by molar-refractivity contribution is 1.08. The fraction of sp³-hybridized carbons (Fsp3) is 0.100. The van der Waals surface area contributed by atoms with Crippen LogP contribution in [0.5, 0.6) is 0 Å². The smallest absolute Gasteiger partial charge is 0.226 e. The van der Waals surface area contributed by atoms with E-state index in [4.69, 9.17) is 11.6 Å². The molecule has 3 heterocycles. The molecule has 5 nitrogen and oxygen atoms in total. The molecule has 0 aromatic carbocycles. The summed E-state index contributed by atoms with van der Waals surface area (Å²) in [6.07, 6.45) is 1.68. The maximum absolute atomic E-state index is 5.85. The number of nitrogens with zero attached hydrogens (tertiary/aromatic N) is 3. The van der Waals surface area contributed by atoms with Crippen molar-refractivity contribution in [3.05, 3.63) is 32.3 Å². The molecule has 0 fully saturated rings. The molecule has 0 amide bonds. The van der Waals surface area contributed by atoms with Crippen molar-refractivity contribution in [2.45, 2.75) is 6.54 Å². The van der Waals surface area contributed by atoms with Crippen molar-refractivity contribution >= 4 is 55.7 Å². The van der Waals surface area contributed by atoms with Crippen molar-refractivity contribution in [1.82, 2.24) is 20.2 Å². The number of halogens is 2. The standard InChI is InChI=1S/C10H7BrClN5S/c11-7-2-1-5(18-7)3-13-8-6-4-14-17-9(6)16-10(12)15-8/h1-2,4H,3H2,(H2,13,14,15,16,17). The SMILES string of the molecule is Clc1nc(NCc2ccc(Br)s2)c2cn[nH]c2n1. The van der Waals surface area contributed by atoms with E-state index in [0.717, 1.165) is 9.17 Å². The van der Waals surface area contributed by atoms with Crippen LogP contribution in [0, 0.1) is 0 Å². The van der Waals surface area contributed by atoms with Crippen LogP contribution in [0.2, 0.25) is 5.28 Å². The van der Waals surface area contributed by atoms with Gasteiger partial charge in [0, 0.05) is 4.88 Å². The Morgan fingerprint density at radius 2 is 2.28 bits per heavy atom. The first-order valence-electron chi connectivity index (χ1n) is 5.07. The normalized spacial score (nSPS) is 11.0. The summed E-state index contributed by atoms with van der Waals surface area (Å²) in [4.78, 5) is 9.42. The average Bonchev–Trinajstić information content (AvgIpc) is 2.94. The van der Waals surface area contributed by atoms with Crippen LogP contribution in [0.25, 0.3) is 11.0 Å². The van der Waals surface area contributed by atoms with Gasteiger partial charge >= 0.3 is 0 Å². The zero-order chi connectivity index (χ0) is 12.5. The Labute approximate surface area is 120 Å². The van der Waals surface area contributed by atoms with Gasteiger partial charge in [-0.05, 0) is 39.7 Å². The van der Waals surface area contributed by atoms with Crippen LogP contribution < -0.4 is 5.32 Å². The van der Waals surface area contributed by atoms with E-state index in [9.17, 15) is 0 Å². The third-order valence-electron chi connectivity index (χ3n) is 2.34. The Balaban J connectivity index is 1.87. The zero-order valence-corrected chi connectivity index (χ0v) is 12.1. The number of hydrogen-bond donors (Lipinski definition) is 2. The predicted molar refractivity (Wildman–Crippen MR) is 76.0 cm³/mol. The molecule has 0 bridgehead atoms. The molecule has 3 aromatic heterocycles. The second-order valence-corrected chi connectivity index (χ2v) is 6.42. The highest BCUT2D eigenvalue weighted by Crippen LogP contribution is 2.24. The number of H-pyrrole nitrogens is 1. The highest BCUT2D eigenvalue weighted by atomic mass is 79.9. The molecule has 2 N–H and O–H groups in total. The predicted octanol–water partition coefficient (Wildman–Crippen LogP) is 3.44. The number of hydrogen-bond acceptors (Lipinski definition) is 5. The topological polar surface area (TPSA) is 66.5 Å². The van der Waals surface area contributed by atoms with Crippen molar-refractivity contribution in [3.63, 3.8) is 0 Å². The lowest BCUT2D eigenvalue weighted by atomic mass is 10.4. The van der Waals surface area contributed by atoms with Crippen molar-refractivity contribution in [1.29, 1.82) is 0 Å². The Bertz CT molecular complexity index is 694. The molecule has 0 spiro atoms. The molecule has 8 heteroatoms. The number of aromatic amines is 1. The van der Waals surface area contributed by atoms with E-state index in [1.165, 1.54) is 4.88 Å². The molecule has 92 valence electrons. The molecule has 0 aliphatic heterocycles. The Morgan fingerprint density at radius 3 is 3.06 bits per heavy atom. The minimum atomic E-state index is 0.196. The molecule has 0 atom stereocenters. The summed E-state index contributed by atoms with van der Waals surface area (Å²) in [6, 6.07) is 4.07. The van der Waals surface area contributed by atoms with Gasteiger partial charge in [0.2, 0.25) is 5.28 Å². The summed E-state index contributed by atoms with van der Waals surface area (Å²) in [7, 11) is 0. The number of anilines is 1. The molecule has 0 aliphatic rings. The second-order valence-electron chi connectivity index (χ2n) is 3.53. The second kappa shape index (κ2) is 4.83. The maximum Gasteiger partial charge on any atom is 0.226 e. The summed E-state index contributed by atoms with van der Waals surface area (Å²) in [5.41, 5.74) is 0.630. The summed E-state index contributed by atoms with van der Waals surface area (Å²) in [6.45, 7) is 0.684. The van der Waals surface area contributed by atoms with E-state index < -0.39 is 0 Å². The van der Waals surface area contributed by atoms with E-state index in [1.807, 2.05) is 6.07 Å². The number of nitrogens with one attached hydrogen (secondary N) is 2. The average molecular weight is 345 g/mol. The molecule has 0 saturated carbocycles. The fourth-order valence-electron chi connectivity index (χ4n) is 1.56. The number of aromatic nitrogens is 4. The Hall–Kier alpha value is -1.18. The van der Waals surface area contributed by atoms with Gasteiger partial charge in [-0.1, -0.05) is 0 Å². The molecule has 0 saturated heterocycles. The fourth-order valence-corrected chi connectivity index (χ4v) is 3.15. The first kappa shape index (κ1) is 11.9. The van der Waals surface area contributed by atoms with E-state index in [2.05, 4.69) is 47.5 Å². The first-order chi connectivity index (χ1) is 8.72. The lowest BCUT2D eigenvalue weighted by Gasteiger charge is -2.04.